The maximum atomic E-state index is 10.2. The summed E-state index contributed by atoms with van der Waals surface area (Å²) in [5.74, 6) is -5.35. The number of hydrogen-bond acceptors (Lipinski definition) is 5. The first-order chi connectivity index (χ1) is 11.3. The molecule has 0 saturated heterocycles. The lowest BCUT2D eigenvalue weighted by Crippen LogP contribution is -2.51. The number of aliphatic hydroxyl groups is 1. The Morgan fingerprint density at radius 1 is 0.880 bits per heavy atom. The van der Waals surface area contributed by atoms with Crippen molar-refractivity contribution in [2.45, 2.75) is 63.9 Å². The largest absolute Gasteiger partial charge is 0.547 e. The molecule has 0 saturated carbocycles. The number of rotatable bonds is 12. The standard InChI is InChI=1S/C11H26N.C6H8O7/c1-5-6-7-8-9-10-11-12(2,3)4;7-3(8)1-6(13,5(11)12)2-4(9)10/h5-11H2,1-4H3;13H,1-2H2,(H,7,8)(H,9,10)(H,11,12)/q+1;/p-1. The van der Waals surface area contributed by atoms with Gasteiger partial charge in [0.25, 0.3) is 0 Å². The third-order valence-corrected chi connectivity index (χ3v) is 3.45. The van der Waals surface area contributed by atoms with Crippen LogP contribution in [0.2, 0.25) is 0 Å². The van der Waals surface area contributed by atoms with Crippen molar-refractivity contribution in [1.82, 2.24) is 0 Å². The summed E-state index contributed by atoms with van der Waals surface area (Å²) in [6.45, 7) is 3.60. The van der Waals surface area contributed by atoms with Gasteiger partial charge in [-0.05, 0) is 12.8 Å². The van der Waals surface area contributed by atoms with Gasteiger partial charge in [0.1, 0.15) is 5.60 Å². The number of carboxylic acids is 3. The van der Waals surface area contributed by atoms with E-state index in [2.05, 4.69) is 28.1 Å². The molecule has 0 heterocycles. The summed E-state index contributed by atoms with van der Waals surface area (Å²) in [6.07, 6.45) is 6.06. The SMILES string of the molecule is CCCCCCCC[N+](C)(C)C.O=C(O)CC(O)(CC(=O)O)C(=O)[O-]. The molecule has 8 heteroatoms. The van der Waals surface area contributed by atoms with Crippen molar-refractivity contribution < 1.29 is 39.3 Å². The summed E-state index contributed by atoms with van der Waals surface area (Å²) in [4.78, 5) is 30.3. The molecule has 0 radical (unpaired) electrons. The van der Waals surface area contributed by atoms with Gasteiger partial charge in [-0.2, -0.15) is 0 Å². The molecule has 25 heavy (non-hydrogen) atoms. The van der Waals surface area contributed by atoms with Crippen LogP contribution in [0.5, 0.6) is 0 Å². The molecule has 3 N–H and O–H groups in total. The molecule has 0 aliphatic heterocycles. The van der Waals surface area contributed by atoms with E-state index in [1.165, 1.54) is 45.1 Å². The quantitative estimate of drug-likeness (QED) is 0.339. The van der Waals surface area contributed by atoms with Gasteiger partial charge in [0.15, 0.2) is 0 Å². The Bertz CT molecular complexity index is 400. The summed E-state index contributed by atoms with van der Waals surface area (Å²) < 4.78 is 1.12. The Hall–Kier alpha value is -1.67. The number of carbonyl (C=O) groups is 3. The lowest BCUT2D eigenvalue weighted by Gasteiger charge is -2.25. The average molecular weight is 363 g/mol. The van der Waals surface area contributed by atoms with Crippen LogP contribution in [0, 0.1) is 0 Å². The predicted octanol–water partition coefficient (Wildman–Crippen LogP) is 0.470. The van der Waals surface area contributed by atoms with Crippen LogP contribution in [0.25, 0.3) is 0 Å². The van der Waals surface area contributed by atoms with Gasteiger partial charge in [-0.25, -0.2) is 0 Å². The topological polar surface area (TPSA) is 135 Å². The molecule has 148 valence electrons. The molecule has 0 bridgehead atoms. The molecule has 0 fully saturated rings. The molecule has 8 nitrogen and oxygen atoms in total. The van der Waals surface area contributed by atoms with E-state index in [0.717, 1.165) is 4.48 Å². The summed E-state index contributed by atoms with van der Waals surface area (Å²) in [7, 11) is 6.81. The van der Waals surface area contributed by atoms with Gasteiger partial charge in [0.05, 0.1) is 46.5 Å². The highest BCUT2D eigenvalue weighted by Crippen LogP contribution is 2.14. The second-order valence-electron chi connectivity index (χ2n) is 7.24. The van der Waals surface area contributed by atoms with Crippen LogP contribution < -0.4 is 5.11 Å². The first-order valence-corrected chi connectivity index (χ1v) is 8.52. The molecule has 0 aliphatic carbocycles. The van der Waals surface area contributed by atoms with E-state index in [-0.39, 0.29) is 0 Å². The van der Waals surface area contributed by atoms with Gasteiger partial charge in [0, 0.05) is 0 Å². The normalized spacial score (nSPS) is 11.4. The summed E-state index contributed by atoms with van der Waals surface area (Å²) >= 11 is 0. The van der Waals surface area contributed by atoms with E-state index in [4.69, 9.17) is 15.3 Å². The fourth-order valence-corrected chi connectivity index (χ4v) is 2.07. The maximum Gasteiger partial charge on any atom is 0.306 e. The Morgan fingerprint density at radius 3 is 1.60 bits per heavy atom. The highest BCUT2D eigenvalue weighted by molar-refractivity contribution is 5.86. The number of aliphatic carboxylic acids is 3. The zero-order valence-electron chi connectivity index (χ0n) is 15.8. The molecule has 0 unspecified atom stereocenters. The molecular formula is C17H33NO7. The molecule has 0 atom stereocenters. The van der Waals surface area contributed by atoms with Gasteiger partial charge < -0.3 is 29.7 Å². The third-order valence-electron chi connectivity index (χ3n) is 3.45. The highest BCUT2D eigenvalue weighted by Gasteiger charge is 2.34. The van der Waals surface area contributed by atoms with E-state index in [9.17, 15) is 19.5 Å². The fourth-order valence-electron chi connectivity index (χ4n) is 2.07. The Labute approximate surface area is 149 Å². The van der Waals surface area contributed by atoms with Gasteiger partial charge >= 0.3 is 11.9 Å². The number of hydrogen-bond donors (Lipinski definition) is 3. The Morgan fingerprint density at radius 2 is 1.28 bits per heavy atom. The van der Waals surface area contributed by atoms with Crippen LogP contribution in [0.3, 0.4) is 0 Å². The molecule has 0 aliphatic rings. The van der Waals surface area contributed by atoms with Crippen LogP contribution in [0.1, 0.15) is 58.3 Å². The second-order valence-corrected chi connectivity index (χ2v) is 7.24. The van der Waals surface area contributed by atoms with Gasteiger partial charge in [0.2, 0.25) is 0 Å². The van der Waals surface area contributed by atoms with Crippen molar-refractivity contribution in [2.24, 2.45) is 0 Å². The van der Waals surface area contributed by atoms with Gasteiger partial charge in [-0.15, -0.1) is 0 Å². The number of carbonyl (C=O) groups excluding carboxylic acids is 1. The lowest BCUT2D eigenvalue weighted by atomic mass is 9.96. The molecule has 0 rings (SSSR count). The zero-order valence-corrected chi connectivity index (χ0v) is 15.8. The summed E-state index contributed by atoms with van der Waals surface area (Å²) in [6, 6.07) is 0. The first kappa shape index (κ1) is 25.6. The fraction of sp³-hybridized carbons (Fsp3) is 0.824. The average Bonchev–Trinajstić information content (AvgIpc) is 2.40. The van der Waals surface area contributed by atoms with Crippen molar-refractivity contribution in [1.29, 1.82) is 0 Å². The van der Waals surface area contributed by atoms with Crippen molar-refractivity contribution in [3.63, 3.8) is 0 Å². The minimum Gasteiger partial charge on any atom is -0.547 e. The van der Waals surface area contributed by atoms with Crippen molar-refractivity contribution in [3.8, 4) is 0 Å². The van der Waals surface area contributed by atoms with Gasteiger partial charge in [-0.3, -0.25) is 9.59 Å². The Kier molecular flexibility index (Phi) is 12.9. The van der Waals surface area contributed by atoms with Crippen LogP contribution in [-0.4, -0.2) is 71.0 Å². The van der Waals surface area contributed by atoms with Crippen LogP contribution in [-0.2, 0) is 14.4 Å². The second kappa shape index (κ2) is 12.7. The molecular weight excluding hydrogens is 330 g/mol. The van der Waals surface area contributed by atoms with E-state index >= 15 is 0 Å². The number of nitrogens with zero attached hydrogens (tertiary/aromatic N) is 1. The number of quaternary nitrogens is 1. The van der Waals surface area contributed by atoms with Crippen LogP contribution >= 0.6 is 0 Å². The van der Waals surface area contributed by atoms with E-state index in [1.807, 2.05) is 0 Å². The molecule has 0 aromatic heterocycles. The molecule has 0 aromatic carbocycles. The minimum absolute atomic E-state index is 1.12. The third kappa shape index (κ3) is 17.0. The van der Waals surface area contributed by atoms with Gasteiger partial charge in [-0.1, -0.05) is 32.6 Å². The summed E-state index contributed by atoms with van der Waals surface area (Å²) in [5.41, 5.74) is -2.85. The highest BCUT2D eigenvalue weighted by atomic mass is 16.4. The van der Waals surface area contributed by atoms with Crippen molar-refractivity contribution in [2.75, 3.05) is 27.7 Å². The number of unbranched alkanes of at least 4 members (excludes halogenated alkanes) is 5. The molecule has 0 aromatic rings. The number of carboxylic acid groups (broad SMARTS) is 3. The monoisotopic (exact) mass is 363 g/mol. The van der Waals surface area contributed by atoms with E-state index in [0.29, 0.717) is 0 Å². The maximum absolute atomic E-state index is 10.2. The van der Waals surface area contributed by atoms with Crippen LogP contribution in [0.4, 0.5) is 0 Å². The zero-order chi connectivity index (χ0) is 20.1. The Balaban J connectivity index is 0. The van der Waals surface area contributed by atoms with E-state index < -0.39 is 36.4 Å². The minimum atomic E-state index is -2.85. The first-order valence-electron chi connectivity index (χ1n) is 8.52. The molecule has 0 spiro atoms. The predicted molar refractivity (Wildman–Crippen MR) is 90.7 cm³/mol. The van der Waals surface area contributed by atoms with E-state index in [1.54, 1.807) is 0 Å². The summed E-state index contributed by atoms with van der Waals surface area (Å²) in [5, 5.41) is 35.5. The van der Waals surface area contributed by atoms with Crippen molar-refractivity contribution >= 4 is 17.9 Å². The lowest BCUT2D eigenvalue weighted by molar-refractivity contribution is -0.870. The molecule has 0 amide bonds. The van der Waals surface area contributed by atoms with Crippen molar-refractivity contribution in [3.05, 3.63) is 0 Å². The smallest absolute Gasteiger partial charge is 0.306 e. The van der Waals surface area contributed by atoms with Crippen LogP contribution in [0.15, 0.2) is 0 Å².